The molecule has 0 aliphatic rings. The van der Waals surface area contributed by atoms with Crippen LogP contribution in [0.25, 0.3) is 0 Å². The molecule has 0 saturated carbocycles. The summed E-state index contributed by atoms with van der Waals surface area (Å²) in [5, 5.41) is 8.86. The van der Waals surface area contributed by atoms with Gasteiger partial charge in [0.1, 0.15) is 6.07 Å². The molecule has 0 aliphatic carbocycles. The average Bonchev–Trinajstić information content (AvgIpc) is 2.16. The van der Waals surface area contributed by atoms with E-state index in [4.69, 9.17) is 5.26 Å². The molecule has 0 atom stereocenters. The Morgan fingerprint density at radius 1 is 1.54 bits per heavy atom. The fourth-order valence-corrected chi connectivity index (χ4v) is 2.14. The minimum Gasteiger partial charge on any atom is -0.192 e. The zero-order chi connectivity index (χ0) is 9.68. The lowest BCUT2D eigenvalue weighted by Gasteiger charge is -2.02. The Morgan fingerprint density at radius 2 is 2.31 bits per heavy atom. The summed E-state index contributed by atoms with van der Waals surface area (Å²) in [6.45, 7) is 2.14. The molecule has 0 unspecified atom stereocenters. The first kappa shape index (κ1) is 10.6. The number of hydrogen-bond donors (Lipinski definition) is 0. The van der Waals surface area contributed by atoms with Crippen LogP contribution in [0.2, 0.25) is 0 Å². The zero-order valence-corrected chi connectivity index (χ0v) is 9.78. The number of rotatable bonds is 3. The smallest absolute Gasteiger partial charge is 0.100 e. The van der Waals surface area contributed by atoms with Gasteiger partial charge in [-0.1, -0.05) is 22.9 Å². The van der Waals surface area contributed by atoms with Gasteiger partial charge in [-0.2, -0.15) is 5.26 Å². The maximum Gasteiger partial charge on any atom is 0.100 e. The van der Waals surface area contributed by atoms with Crippen LogP contribution in [0.4, 0.5) is 0 Å². The summed E-state index contributed by atoms with van der Waals surface area (Å²) in [7, 11) is 0. The van der Waals surface area contributed by atoms with Crippen molar-refractivity contribution in [1.29, 1.82) is 5.26 Å². The Morgan fingerprint density at radius 3 is 2.92 bits per heavy atom. The SMILES string of the molecule is CCCSc1ccc(Br)cc1C#N. The van der Waals surface area contributed by atoms with Gasteiger partial charge in [0, 0.05) is 9.37 Å². The molecule has 1 aromatic carbocycles. The van der Waals surface area contributed by atoms with Crippen molar-refractivity contribution in [2.24, 2.45) is 0 Å². The fraction of sp³-hybridized carbons (Fsp3) is 0.300. The molecular weight excluding hydrogens is 246 g/mol. The molecule has 13 heavy (non-hydrogen) atoms. The van der Waals surface area contributed by atoms with Crippen molar-refractivity contribution < 1.29 is 0 Å². The highest BCUT2D eigenvalue weighted by atomic mass is 79.9. The molecule has 0 fully saturated rings. The molecule has 1 rings (SSSR count). The van der Waals surface area contributed by atoms with Gasteiger partial charge in [-0.25, -0.2) is 0 Å². The summed E-state index contributed by atoms with van der Waals surface area (Å²) in [4.78, 5) is 1.08. The minimum absolute atomic E-state index is 0.757. The summed E-state index contributed by atoms with van der Waals surface area (Å²) < 4.78 is 0.963. The third-order valence-corrected chi connectivity index (χ3v) is 3.30. The lowest BCUT2D eigenvalue weighted by atomic mass is 10.2. The van der Waals surface area contributed by atoms with E-state index in [1.807, 2.05) is 18.2 Å². The third kappa shape index (κ3) is 3.06. The second kappa shape index (κ2) is 5.31. The van der Waals surface area contributed by atoms with Crippen LogP contribution >= 0.6 is 27.7 Å². The number of nitrogens with zero attached hydrogens (tertiary/aromatic N) is 1. The summed E-state index contributed by atoms with van der Waals surface area (Å²) in [5.74, 6) is 1.07. The molecule has 0 aliphatic heterocycles. The van der Waals surface area contributed by atoms with Gasteiger partial charge in [0.25, 0.3) is 0 Å². The second-order valence-corrected chi connectivity index (χ2v) is 4.65. The van der Waals surface area contributed by atoms with Crippen LogP contribution in [-0.2, 0) is 0 Å². The van der Waals surface area contributed by atoms with Gasteiger partial charge in [-0.15, -0.1) is 11.8 Å². The molecule has 1 aromatic rings. The molecule has 0 aromatic heterocycles. The zero-order valence-electron chi connectivity index (χ0n) is 7.38. The molecule has 0 N–H and O–H groups in total. The Labute approximate surface area is 91.3 Å². The monoisotopic (exact) mass is 255 g/mol. The van der Waals surface area contributed by atoms with E-state index in [0.717, 1.165) is 27.1 Å². The maximum absolute atomic E-state index is 8.86. The second-order valence-electron chi connectivity index (χ2n) is 2.60. The van der Waals surface area contributed by atoms with Crippen LogP contribution in [0.3, 0.4) is 0 Å². The van der Waals surface area contributed by atoms with Crippen LogP contribution in [-0.4, -0.2) is 5.75 Å². The highest BCUT2D eigenvalue weighted by Crippen LogP contribution is 2.25. The lowest BCUT2D eigenvalue weighted by molar-refractivity contribution is 1.10. The van der Waals surface area contributed by atoms with Crippen molar-refractivity contribution in [2.75, 3.05) is 5.75 Å². The summed E-state index contributed by atoms with van der Waals surface area (Å²) >= 11 is 5.08. The first-order chi connectivity index (χ1) is 6.27. The quantitative estimate of drug-likeness (QED) is 0.767. The largest absolute Gasteiger partial charge is 0.192 e. The van der Waals surface area contributed by atoms with Gasteiger partial charge in [0.05, 0.1) is 5.56 Å². The molecule has 0 spiro atoms. The van der Waals surface area contributed by atoms with Gasteiger partial charge in [0.15, 0.2) is 0 Å². The predicted molar refractivity (Wildman–Crippen MR) is 59.9 cm³/mol. The number of halogens is 1. The van der Waals surface area contributed by atoms with Crippen molar-refractivity contribution in [2.45, 2.75) is 18.2 Å². The van der Waals surface area contributed by atoms with Crippen molar-refractivity contribution >= 4 is 27.7 Å². The Bertz CT molecular complexity index is 330. The molecule has 0 bridgehead atoms. The van der Waals surface area contributed by atoms with E-state index in [1.165, 1.54) is 0 Å². The number of nitriles is 1. The van der Waals surface area contributed by atoms with Crippen molar-refractivity contribution in [1.82, 2.24) is 0 Å². The van der Waals surface area contributed by atoms with Crippen LogP contribution in [0, 0.1) is 11.3 Å². The van der Waals surface area contributed by atoms with Crippen LogP contribution in [0.15, 0.2) is 27.6 Å². The summed E-state index contributed by atoms with van der Waals surface area (Å²) in [6.07, 6.45) is 1.13. The van der Waals surface area contributed by atoms with E-state index in [2.05, 4.69) is 28.9 Å². The van der Waals surface area contributed by atoms with Gasteiger partial charge in [-0.3, -0.25) is 0 Å². The van der Waals surface area contributed by atoms with Crippen LogP contribution in [0.5, 0.6) is 0 Å². The van der Waals surface area contributed by atoms with E-state index in [9.17, 15) is 0 Å². The van der Waals surface area contributed by atoms with Gasteiger partial charge in [0.2, 0.25) is 0 Å². The highest BCUT2D eigenvalue weighted by Gasteiger charge is 2.01. The maximum atomic E-state index is 8.86. The van der Waals surface area contributed by atoms with Gasteiger partial charge in [-0.05, 0) is 30.4 Å². The Hall–Kier alpha value is -0.460. The average molecular weight is 256 g/mol. The molecule has 0 amide bonds. The summed E-state index contributed by atoms with van der Waals surface area (Å²) in [6, 6.07) is 8.01. The highest BCUT2D eigenvalue weighted by molar-refractivity contribution is 9.10. The van der Waals surface area contributed by atoms with E-state index in [1.54, 1.807) is 11.8 Å². The number of benzene rings is 1. The molecule has 68 valence electrons. The number of hydrogen-bond acceptors (Lipinski definition) is 2. The topological polar surface area (TPSA) is 23.8 Å². The first-order valence-electron chi connectivity index (χ1n) is 4.10. The fourth-order valence-electron chi connectivity index (χ4n) is 0.927. The van der Waals surface area contributed by atoms with E-state index in [0.29, 0.717) is 0 Å². The van der Waals surface area contributed by atoms with Crippen molar-refractivity contribution in [3.05, 3.63) is 28.2 Å². The first-order valence-corrected chi connectivity index (χ1v) is 5.88. The molecule has 0 saturated heterocycles. The van der Waals surface area contributed by atoms with Crippen LogP contribution in [0.1, 0.15) is 18.9 Å². The molecular formula is C10H10BrNS. The lowest BCUT2D eigenvalue weighted by Crippen LogP contribution is -1.82. The van der Waals surface area contributed by atoms with E-state index in [-0.39, 0.29) is 0 Å². The molecule has 0 radical (unpaired) electrons. The Kier molecular flexibility index (Phi) is 4.34. The molecule has 1 nitrogen and oxygen atoms in total. The van der Waals surface area contributed by atoms with E-state index >= 15 is 0 Å². The molecule has 3 heteroatoms. The molecule has 0 heterocycles. The van der Waals surface area contributed by atoms with Gasteiger partial charge >= 0.3 is 0 Å². The Balaban J connectivity index is 2.88. The third-order valence-electron chi connectivity index (χ3n) is 1.52. The van der Waals surface area contributed by atoms with Crippen molar-refractivity contribution in [3.63, 3.8) is 0 Å². The van der Waals surface area contributed by atoms with E-state index < -0.39 is 0 Å². The van der Waals surface area contributed by atoms with Crippen molar-refractivity contribution in [3.8, 4) is 6.07 Å². The number of thioether (sulfide) groups is 1. The standard InChI is InChI=1S/C10H10BrNS/c1-2-5-13-10-4-3-9(11)6-8(10)7-12/h3-4,6H,2,5H2,1H3. The van der Waals surface area contributed by atoms with Crippen LogP contribution < -0.4 is 0 Å². The minimum atomic E-state index is 0.757. The normalized spacial score (nSPS) is 9.62. The predicted octanol–water partition coefficient (Wildman–Crippen LogP) is 3.82. The van der Waals surface area contributed by atoms with Gasteiger partial charge < -0.3 is 0 Å². The summed E-state index contributed by atoms with van der Waals surface area (Å²) in [5.41, 5.74) is 0.757.